The summed E-state index contributed by atoms with van der Waals surface area (Å²) in [4.78, 5) is 0. The summed E-state index contributed by atoms with van der Waals surface area (Å²) in [5.74, 6) is 0.830. The molecule has 0 aromatic rings. The zero-order valence-corrected chi connectivity index (χ0v) is 12.1. The maximum Gasteiger partial charge on any atom is 0.282 e. The number of rotatable bonds is 2. The molecule has 18 heavy (non-hydrogen) atoms. The van der Waals surface area contributed by atoms with Gasteiger partial charge in [-0.3, -0.25) is 0 Å². The largest absolute Gasteiger partial charge is 0.392 e. The summed E-state index contributed by atoms with van der Waals surface area (Å²) in [7, 11) is -3.38. The highest BCUT2D eigenvalue weighted by Crippen LogP contribution is 2.26. The number of hydrogen-bond acceptors (Lipinski definition) is 3. The zero-order chi connectivity index (χ0) is 13.3. The number of hydrogen-bond donors (Lipinski definition) is 1. The molecule has 2 saturated heterocycles. The average Bonchev–Trinajstić information content (AvgIpc) is 2.27. The molecule has 0 spiro atoms. The third-order valence-corrected chi connectivity index (χ3v) is 5.78. The summed E-state index contributed by atoms with van der Waals surface area (Å²) in [6.45, 7) is 6.21. The third kappa shape index (κ3) is 3.04. The first-order valence-corrected chi connectivity index (χ1v) is 8.22. The number of aliphatic hydroxyl groups is 1. The van der Waals surface area contributed by atoms with Gasteiger partial charge in [-0.05, 0) is 31.1 Å². The van der Waals surface area contributed by atoms with Gasteiger partial charge >= 0.3 is 0 Å². The van der Waals surface area contributed by atoms with Crippen molar-refractivity contribution in [2.24, 2.45) is 11.8 Å². The first-order valence-electron chi connectivity index (χ1n) is 6.83. The lowest BCUT2D eigenvalue weighted by Crippen LogP contribution is -2.52. The van der Waals surface area contributed by atoms with Gasteiger partial charge in [-0.1, -0.05) is 13.8 Å². The lowest BCUT2D eigenvalue weighted by atomic mass is 9.94. The molecule has 2 aliphatic heterocycles. The van der Waals surface area contributed by atoms with Gasteiger partial charge in [-0.25, -0.2) is 0 Å². The summed E-state index contributed by atoms with van der Waals surface area (Å²) < 4.78 is 28.1. The van der Waals surface area contributed by atoms with Crippen LogP contribution in [-0.2, 0) is 10.2 Å². The highest BCUT2D eigenvalue weighted by Gasteiger charge is 2.36. The van der Waals surface area contributed by atoms with Crippen LogP contribution in [0.25, 0.3) is 0 Å². The van der Waals surface area contributed by atoms with E-state index in [4.69, 9.17) is 0 Å². The van der Waals surface area contributed by atoms with Crippen LogP contribution >= 0.6 is 0 Å². The second kappa shape index (κ2) is 5.45. The maximum absolute atomic E-state index is 12.5. The van der Waals surface area contributed by atoms with Crippen LogP contribution in [0.15, 0.2) is 0 Å². The first kappa shape index (κ1) is 14.2. The molecule has 1 N–H and O–H groups in total. The molecule has 0 aromatic carbocycles. The molecule has 0 aromatic heterocycles. The van der Waals surface area contributed by atoms with Crippen LogP contribution < -0.4 is 0 Å². The van der Waals surface area contributed by atoms with Crippen LogP contribution in [0, 0.1) is 11.8 Å². The van der Waals surface area contributed by atoms with Crippen LogP contribution in [0.3, 0.4) is 0 Å². The lowest BCUT2D eigenvalue weighted by Gasteiger charge is -2.39. The van der Waals surface area contributed by atoms with E-state index in [0.29, 0.717) is 37.9 Å². The fourth-order valence-corrected chi connectivity index (χ4v) is 5.02. The van der Waals surface area contributed by atoms with Gasteiger partial charge in [0.15, 0.2) is 0 Å². The predicted octanol–water partition coefficient (Wildman–Crippen LogP) is 0.666. The lowest BCUT2D eigenvalue weighted by molar-refractivity contribution is 0.102. The van der Waals surface area contributed by atoms with Crippen molar-refractivity contribution in [3.8, 4) is 0 Å². The van der Waals surface area contributed by atoms with Gasteiger partial charge in [0.05, 0.1) is 6.10 Å². The fourth-order valence-electron chi connectivity index (χ4n) is 3.09. The Morgan fingerprint density at radius 1 is 1.06 bits per heavy atom. The normalized spacial score (nSPS) is 36.7. The molecule has 5 nitrogen and oxygen atoms in total. The van der Waals surface area contributed by atoms with Crippen LogP contribution in [0.5, 0.6) is 0 Å². The second-order valence-electron chi connectivity index (χ2n) is 5.92. The van der Waals surface area contributed by atoms with Crippen molar-refractivity contribution in [2.75, 3.05) is 26.2 Å². The van der Waals surface area contributed by atoms with E-state index in [1.165, 1.54) is 4.31 Å². The molecule has 2 rings (SSSR count). The van der Waals surface area contributed by atoms with E-state index in [0.717, 1.165) is 12.8 Å². The van der Waals surface area contributed by atoms with Crippen LogP contribution in [0.4, 0.5) is 0 Å². The summed E-state index contributed by atoms with van der Waals surface area (Å²) in [6.07, 6.45) is 2.04. The minimum absolute atomic E-state index is 0.252. The monoisotopic (exact) mass is 276 g/mol. The van der Waals surface area contributed by atoms with Crippen LogP contribution in [0.1, 0.15) is 33.1 Å². The van der Waals surface area contributed by atoms with Gasteiger partial charge in [-0.2, -0.15) is 17.0 Å². The molecule has 0 aliphatic carbocycles. The first-order chi connectivity index (χ1) is 8.39. The Morgan fingerprint density at radius 3 is 2.22 bits per heavy atom. The smallest absolute Gasteiger partial charge is 0.282 e. The summed E-state index contributed by atoms with van der Waals surface area (Å²) in [5.41, 5.74) is 0. The Morgan fingerprint density at radius 2 is 1.67 bits per heavy atom. The van der Waals surface area contributed by atoms with Crippen molar-refractivity contribution >= 4 is 10.2 Å². The summed E-state index contributed by atoms with van der Waals surface area (Å²) in [6, 6.07) is 0. The molecule has 0 bridgehead atoms. The van der Waals surface area contributed by atoms with Gasteiger partial charge < -0.3 is 5.11 Å². The molecule has 3 unspecified atom stereocenters. The van der Waals surface area contributed by atoms with Gasteiger partial charge in [0.2, 0.25) is 0 Å². The zero-order valence-electron chi connectivity index (χ0n) is 11.2. The van der Waals surface area contributed by atoms with Crippen molar-refractivity contribution in [1.29, 1.82) is 0 Å². The van der Waals surface area contributed by atoms with Gasteiger partial charge in [0.1, 0.15) is 0 Å². The molecule has 2 fully saturated rings. The van der Waals surface area contributed by atoms with Gasteiger partial charge in [0.25, 0.3) is 10.2 Å². The summed E-state index contributed by atoms with van der Waals surface area (Å²) >= 11 is 0. The van der Waals surface area contributed by atoms with Crippen molar-refractivity contribution in [1.82, 2.24) is 8.61 Å². The van der Waals surface area contributed by atoms with E-state index in [-0.39, 0.29) is 6.54 Å². The molecular formula is C12H24N2O3S. The Hall–Kier alpha value is -0.170. The summed E-state index contributed by atoms with van der Waals surface area (Å²) in [5, 5.41) is 9.62. The quantitative estimate of drug-likeness (QED) is 0.806. The molecule has 106 valence electrons. The molecule has 0 saturated carbocycles. The van der Waals surface area contributed by atoms with Gasteiger partial charge in [0, 0.05) is 26.2 Å². The minimum atomic E-state index is -3.38. The maximum atomic E-state index is 12.5. The Labute approximate surface area is 110 Å². The van der Waals surface area contributed by atoms with E-state index < -0.39 is 16.3 Å². The van der Waals surface area contributed by atoms with E-state index in [9.17, 15) is 13.5 Å². The van der Waals surface area contributed by atoms with E-state index in [2.05, 4.69) is 13.8 Å². The molecule has 2 heterocycles. The Bertz CT molecular complexity index is 375. The Kier molecular flexibility index (Phi) is 4.31. The standard InChI is InChI=1S/C12H24N2O3S/c1-10-6-11(2)8-14(7-10)18(16,17)13-5-3-4-12(15)9-13/h10-12,15H,3-9H2,1-2H3. The topological polar surface area (TPSA) is 60.9 Å². The molecule has 3 atom stereocenters. The molecule has 0 radical (unpaired) electrons. The van der Waals surface area contributed by atoms with Crippen molar-refractivity contribution < 1.29 is 13.5 Å². The Balaban J connectivity index is 2.09. The van der Waals surface area contributed by atoms with Crippen molar-refractivity contribution in [3.05, 3.63) is 0 Å². The van der Waals surface area contributed by atoms with Crippen LogP contribution in [0.2, 0.25) is 0 Å². The molecule has 0 amide bonds. The number of piperidine rings is 2. The van der Waals surface area contributed by atoms with Crippen molar-refractivity contribution in [2.45, 2.75) is 39.2 Å². The predicted molar refractivity (Wildman–Crippen MR) is 70.3 cm³/mol. The fraction of sp³-hybridized carbons (Fsp3) is 1.00. The molecule has 6 heteroatoms. The second-order valence-corrected chi connectivity index (χ2v) is 7.85. The van der Waals surface area contributed by atoms with Crippen LogP contribution in [-0.4, -0.2) is 54.4 Å². The minimum Gasteiger partial charge on any atom is -0.392 e. The number of β-amino-alcohol motifs (C(OH)–C–C–N with tert-alkyl or cyclic N) is 1. The number of aliphatic hydroxyl groups excluding tert-OH is 1. The third-order valence-electron chi connectivity index (χ3n) is 3.85. The van der Waals surface area contributed by atoms with Gasteiger partial charge in [-0.15, -0.1) is 0 Å². The van der Waals surface area contributed by atoms with E-state index >= 15 is 0 Å². The highest BCUT2D eigenvalue weighted by atomic mass is 32.2. The van der Waals surface area contributed by atoms with Crippen molar-refractivity contribution in [3.63, 3.8) is 0 Å². The molecular weight excluding hydrogens is 252 g/mol. The van der Waals surface area contributed by atoms with E-state index in [1.807, 2.05) is 0 Å². The SMILES string of the molecule is CC1CC(C)CN(S(=O)(=O)N2CCCC(O)C2)C1. The number of nitrogens with zero attached hydrogens (tertiary/aromatic N) is 2. The highest BCUT2D eigenvalue weighted by molar-refractivity contribution is 7.86. The van der Waals surface area contributed by atoms with E-state index in [1.54, 1.807) is 4.31 Å². The molecule has 2 aliphatic rings. The average molecular weight is 276 g/mol.